The van der Waals surface area contributed by atoms with Gasteiger partial charge in [-0.05, 0) is 50.7 Å². The molecule has 110 valence electrons. The second kappa shape index (κ2) is 6.88. The van der Waals surface area contributed by atoms with Gasteiger partial charge in [0.15, 0.2) is 0 Å². The lowest BCUT2D eigenvalue weighted by molar-refractivity contribution is -0.137. The molecule has 1 aliphatic carbocycles. The Labute approximate surface area is 123 Å². The molecule has 1 aromatic rings. The van der Waals surface area contributed by atoms with E-state index in [1.807, 2.05) is 13.0 Å². The summed E-state index contributed by atoms with van der Waals surface area (Å²) in [6.45, 7) is 1.85. The van der Waals surface area contributed by atoms with Crippen LogP contribution in [0.15, 0.2) is 6.07 Å². The highest BCUT2D eigenvalue weighted by Gasteiger charge is 2.17. The summed E-state index contributed by atoms with van der Waals surface area (Å²) in [5.41, 5.74) is 1.33. The highest BCUT2D eigenvalue weighted by Crippen LogP contribution is 2.29. The third-order valence-corrected chi connectivity index (χ3v) is 4.87. The van der Waals surface area contributed by atoms with Crippen molar-refractivity contribution in [2.24, 2.45) is 0 Å². The summed E-state index contributed by atoms with van der Waals surface area (Å²) >= 11 is 1.59. The SMILES string of the molecule is CC(CCC(=O)O)NC(=O)c1cc2c(s1)CCCCC2. The first-order chi connectivity index (χ1) is 9.56. The molecule has 4 nitrogen and oxygen atoms in total. The van der Waals surface area contributed by atoms with E-state index in [0.29, 0.717) is 6.42 Å². The first kappa shape index (κ1) is 15.0. The molecule has 1 amide bonds. The molecule has 0 spiro atoms. The number of aliphatic carboxylic acids is 1. The number of rotatable bonds is 5. The topological polar surface area (TPSA) is 66.4 Å². The average molecular weight is 295 g/mol. The molecular weight excluding hydrogens is 274 g/mol. The van der Waals surface area contributed by atoms with Crippen LogP contribution >= 0.6 is 11.3 Å². The summed E-state index contributed by atoms with van der Waals surface area (Å²) in [5.74, 6) is -0.894. The van der Waals surface area contributed by atoms with Crippen LogP contribution in [0.2, 0.25) is 0 Å². The zero-order valence-corrected chi connectivity index (χ0v) is 12.6. The fourth-order valence-corrected chi connectivity index (χ4v) is 3.64. The van der Waals surface area contributed by atoms with E-state index in [9.17, 15) is 9.59 Å². The third kappa shape index (κ3) is 4.07. The molecule has 1 heterocycles. The van der Waals surface area contributed by atoms with Gasteiger partial charge in [0, 0.05) is 17.3 Å². The minimum absolute atomic E-state index is 0.0686. The van der Waals surface area contributed by atoms with Gasteiger partial charge in [0.25, 0.3) is 5.91 Å². The Bertz CT molecular complexity index is 472. The van der Waals surface area contributed by atoms with E-state index in [0.717, 1.165) is 17.7 Å². The minimum Gasteiger partial charge on any atom is -0.481 e. The van der Waals surface area contributed by atoms with Crippen LogP contribution in [0.25, 0.3) is 0 Å². The van der Waals surface area contributed by atoms with Gasteiger partial charge in [0.05, 0.1) is 4.88 Å². The number of amides is 1. The lowest BCUT2D eigenvalue weighted by atomic mass is 10.1. The molecule has 0 fully saturated rings. The van der Waals surface area contributed by atoms with Gasteiger partial charge >= 0.3 is 5.97 Å². The number of carbonyl (C=O) groups is 2. The van der Waals surface area contributed by atoms with Gasteiger partial charge < -0.3 is 10.4 Å². The Hall–Kier alpha value is -1.36. The number of nitrogens with one attached hydrogen (secondary N) is 1. The van der Waals surface area contributed by atoms with Crippen LogP contribution in [-0.2, 0) is 17.6 Å². The molecule has 2 rings (SSSR count). The van der Waals surface area contributed by atoms with Crippen molar-refractivity contribution in [3.8, 4) is 0 Å². The predicted octanol–water partition coefficient (Wildman–Crippen LogP) is 3.00. The Balaban J connectivity index is 1.94. The van der Waals surface area contributed by atoms with Gasteiger partial charge in [-0.2, -0.15) is 0 Å². The van der Waals surface area contributed by atoms with Gasteiger partial charge in [-0.1, -0.05) is 6.42 Å². The molecule has 0 saturated carbocycles. The van der Waals surface area contributed by atoms with Crippen molar-refractivity contribution in [3.63, 3.8) is 0 Å². The number of carboxylic acid groups (broad SMARTS) is 1. The summed E-state index contributed by atoms with van der Waals surface area (Å²) < 4.78 is 0. The Morgan fingerprint density at radius 2 is 2.10 bits per heavy atom. The van der Waals surface area contributed by atoms with Crippen LogP contribution < -0.4 is 5.32 Å². The summed E-state index contributed by atoms with van der Waals surface area (Å²) in [6, 6.07) is 1.91. The number of thiophene rings is 1. The van der Waals surface area contributed by atoms with E-state index in [1.54, 1.807) is 11.3 Å². The molecule has 0 saturated heterocycles. The lowest BCUT2D eigenvalue weighted by Gasteiger charge is -2.11. The minimum atomic E-state index is -0.825. The molecule has 0 aliphatic heterocycles. The van der Waals surface area contributed by atoms with Crippen molar-refractivity contribution in [3.05, 3.63) is 21.4 Å². The maximum absolute atomic E-state index is 12.2. The normalized spacial score (nSPS) is 16.1. The van der Waals surface area contributed by atoms with Crippen molar-refractivity contribution in [2.45, 2.75) is 57.9 Å². The number of hydrogen-bond donors (Lipinski definition) is 2. The first-order valence-corrected chi connectivity index (χ1v) is 8.02. The standard InChI is InChI=1S/C15H21NO3S/c1-10(7-8-14(17)18)16-15(19)13-9-11-5-3-2-4-6-12(11)20-13/h9-10H,2-8H2,1H3,(H,16,19)(H,17,18). The van der Waals surface area contributed by atoms with Crippen LogP contribution in [0.3, 0.4) is 0 Å². The van der Waals surface area contributed by atoms with Gasteiger partial charge in [0.2, 0.25) is 0 Å². The van der Waals surface area contributed by atoms with E-state index in [2.05, 4.69) is 5.32 Å². The van der Waals surface area contributed by atoms with Crippen molar-refractivity contribution >= 4 is 23.2 Å². The van der Waals surface area contributed by atoms with Crippen LogP contribution in [0.4, 0.5) is 0 Å². The molecule has 0 radical (unpaired) electrons. The summed E-state index contributed by atoms with van der Waals surface area (Å²) in [4.78, 5) is 24.8. The van der Waals surface area contributed by atoms with Crippen LogP contribution in [-0.4, -0.2) is 23.0 Å². The number of carboxylic acids is 1. The van der Waals surface area contributed by atoms with Gasteiger partial charge in [-0.3, -0.25) is 9.59 Å². The second-order valence-electron chi connectivity index (χ2n) is 5.43. The molecule has 1 aromatic heterocycles. The molecule has 5 heteroatoms. The smallest absolute Gasteiger partial charge is 0.303 e. The Kier molecular flexibility index (Phi) is 5.17. The van der Waals surface area contributed by atoms with E-state index in [-0.39, 0.29) is 18.4 Å². The van der Waals surface area contributed by atoms with E-state index in [4.69, 9.17) is 5.11 Å². The quantitative estimate of drug-likeness (QED) is 0.821. The maximum Gasteiger partial charge on any atom is 0.303 e. The predicted molar refractivity (Wildman–Crippen MR) is 79.4 cm³/mol. The molecule has 2 N–H and O–H groups in total. The van der Waals surface area contributed by atoms with E-state index < -0.39 is 5.97 Å². The molecule has 1 unspecified atom stereocenters. The van der Waals surface area contributed by atoms with Crippen molar-refractivity contribution < 1.29 is 14.7 Å². The molecule has 1 atom stereocenters. The van der Waals surface area contributed by atoms with Crippen molar-refractivity contribution in [1.82, 2.24) is 5.32 Å². The largest absolute Gasteiger partial charge is 0.481 e. The monoisotopic (exact) mass is 295 g/mol. The average Bonchev–Trinajstić information content (AvgIpc) is 2.68. The summed E-state index contributed by atoms with van der Waals surface area (Å²) in [5, 5.41) is 11.5. The zero-order valence-electron chi connectivity index (χ0n) is 11.8. The van der Waals surface area contributed by atoms with Crippen molar-refractivity contribution in [1.29, 1.82) is 0 Å². The van der Waals surface area contributed by atoms with Gasteiger partial charge in [-0.15, -0.1) is 11.3 Å². The van der Waals surface area contributed by atoms with Crippen LogP contribution in [0.5, 0.6) is 0 Å². The van der Waals surface area contributed by atoms with Crippen LogP contribution in [0, 0.1) is 0 Å². The first-order valence-electron chi connectivity index (χ1n) is 7.20. The second-order valence-corrected chi connectivity index (χ2v) is 6.56. The van der Waals surface area contributed by atoms with E-state index in [1.165, 1.54) is 29.7 Å². The fourth-order valence-electron chi connectivity index (χ4n) is 2.49. The molecule has 0 aromatic carbocycles. The Morgan fingerprint density at radius 1 is 1.35 bits per heavy atom. The molecular formula is C15H21NO3S. The third-order valence-electron chi connectivity index (χ3n) is 3.64. The Morgan fingerprint density at radius 3 is 2.85 bits per heavy atom. The lowest BCUT2D eigenvalue weighted by Crippen LogP contribution is -2.32. The van der Waals surface area contributed by atoms with Gasteiger partial charge in [-0.25, -0.2) is 0 Å². The van der Waals surface area contributed by atoms with Crippen LogP contribution in [0.1, 0.15) is 59.1 Å². The molecule has 20 heavy (non-hydrogen) atoms. The van der Waals surface area contributed by atoms with Gasteiger partial charge in [0.1, 0.15) is 0 Å². The molecule has 1 aliphatic rings. The zero-order chi connectivity index (χ0) is 14.5. The number of carbonyl (C=O) groups excluding carboxylic acids is 1. The highest BCUT2D eigenvalue weighted by molar-refractivity contribution is 7.14. The van der Waals surface area contributed by atoms with Crippen molar-refractivity contribution in [2.75, 3.05) is 0 Å². The number of fused-ring (bicyclic) bond motifs is 1. The number of hydrogen-bond acceptors (Lipinski definition) is 3. The fraction of sp³-hybridized carbons (Fsp3) is 0.600. The van der Waals surface area contributed by atoms with E-state index >= 15 is 0 Å². The highest BCUT2D eigenvalue weighted by atomic mass is 32.1. The number of aryl methyl sites for hydroxylation is 2. The molecule has 0 bridgehead atoms. The maximum atomic E-state index is 12.2. The summed E-state index contributed by atoms with van der Waals surface area (Å²) in [6.07, 6.45) is 6.41. The summed E-state index contributed by atoms with van der Waals surface area (Å²) in [7, 11) is 0.